The summed E-state index contributed by atoms with van der Waals surface area (Å²) in [7, 11) is 0. The van der Waals surface area contributed by atoms with Crippen LogP contribution in [0.5, 0.6) is 0 Å². The van der Waals surface area contributed by atoms with Crippen molar-refractivity contribution in [3.8, 4) is 0 Å². The smallest absolute Gasteiger partial charge is 0.317 e. The number of amides is 4. The van der Waals surface area contributed by atoms with Gasteiger partial charge in [-0.1, -0.05) is 6.08 Å². The Labute approximate surface area is 127 Å². The molecule has 0 aromatic carbocycles. The van der Waals surface area contributed by atoms with Gasteiger partial charge in [-0.25, -0.2) is 9.59 Å². The first kappa shape index (κ1) is 17.3. The second kappa shape index (κ2) is 7.90. The predicted octanol–water partition coefficient (Wildman–Crippen LogP) is 1.69. The van der Waals surface area contributed by atoms with Crippen molar-refractivity contribution in [2.45, 2.75) is 39.2 Å². The number of urea groups is 2. The molecule has 0 radical (unpaired) electrons. The van der Waals surface area contributed by atoms with Gasteiger partial charge in [0, 0.05) is 31.7 Å². The van der Waals surface area contributed by atoms with Gasteiger partial charge < -0.3 is 20.9 Å². The summed E-state index contributed by atoms with van der Waals surface area (Å²) in [4.78, 5) is 25.3. The van der Waals surface area contributed by atoms with Crippen LogP contribution >= 0.6 is 0 Å². The summed E-state index contributed by atoms with van der Waals surface area (Å²) in [6, 6.07) is -0.166. The van der Waals surface area contributed by atoms with Crippen LogP contribution < -0.4 is 16.0 Å². The van der Waals surface area contributed by atoms with E-state index in [9.17, 15) is 9.59 Å². The molecular formula is C15H28N4O2. The summed E-state index contributed by atoms with van der Waals surface area (Å²) in [5, 5.41) is 8.51. The maximum atomic E-state index is 12.0. The van der Waals surface area contributed by atoms with Crippen molar-refractivity contribution in [3.05, 3.63) is 12.7 Å². The van der Waals surface area contributed by atoms with Crippen molar-refractivity contribution < 1.29 is 9.59 Å². The highest BCUT2D eigenvalue weighted by Gasteiger charge is 2.25. The molecule has 1 saturated heterocycles. The van der Waals surface area contributed by atoms with Crippen LogP contribution in [0, 0.1) is 5.92 Å². The third-order valence-electron chi connectivity index (χ3n) is 3.34. The Morgan fingerprint density at radius 1 is 1.24 bits per heavy atom. The molecule has 0 saturated carbocycles. The van der Waals surface area contributed by atoms with Gasteiger partial charge in [-0.2, -0.15) is 0 Å². The molecule has 6 heteroatoms. The lowest BCUT2D eigenvalue weighted by Gasteiger charge is -2.34. The zero-order valence-corrected chi connectivity index (χ0v) is 13.4. The lowest BCUT2D eigenvalue weighted by molar-refractivity contribution is 0.162. The Kier molecular flexibility index (Phi) is 6.52. The molecule has 1 aliphatic rings. The van der Waals surface area contributed by atoms with Crippen LogP contribution in [0.1, 0.15) is 33.6 Å². The Bertz CT molecular complexity index is 368. The Morgan fingerprint density at radius 2 is 1.86 bits per heavy atom. The molecule has 1 fully saturated rings. The summed E-state index contributed by atoms with van der Waals surface area (Å²) in [6.07, 6.45) is 3.48. The molecular weight excluding hydrogens is 268 g/mol. The molecule has 0 unspecified atom stereocenters. The standard InChI is InChI=1S/C15H28N4O2/c1-5-8-16-13(20)17-11-12-6-9-19(10-7-12)14(21)18-15(2,3)4/h5,12H,1,6-11H2,2-4H3,(H,18,21)(H2,16,17,20). The van der Waals surface area contributed by atoms with Gasteiger partial charge in [0.2, 0.25) is 0 Å². The van der Waals surface area contributed by atoms with E-state index in [0.717, 1.165) is 25.9 Å². The second-order valence-electron chi connectivity index (χ2n) is 6.49. The van der Waals surface area contributed by atoms with Crippen LogP contribution in [0.2, 0.25) is 0 Å². The minimum absolute atomic E-state index is 0.00219. The SMILES string of the molecule is C=CCNC(=O)NCC1CCN(C(=O)NC(C)(C)C)CC1. The van der Waals surface area contributed by atoms with Crippen molar-refractivity contribution in [1.29, 1.82) is 0 Å². The van der Waals surface area contributed by atoms with Crippen molar-refractivity contribution >= 4 is 12.1 Å². The van der Waals surface area contributed by atoms with Crippen molar-refractivity contribution in [2.24, 2.45) is 5.92 Å². The molecule has 120 valence electrons. The number of likely N-dealkylation sites (tertiary alicyclic amines) is 1. The second-order valence-corrected chi connectivity index (χ2v) is 6.49. The molecule has 0 aromatic heterocycles. The number of piperidine rings is 1. The quantitative estimate of drug-likeness (QED) is 0.691. The molecule has 0 atom stereocenters. The average molecular weight is 296 g/mol. The minimum atomic E-state index is -0.210. The molecule has 0 spiro atoms. The Morgan fingerprint density at radius 3 is 2.38 bits per heavy atom. The Hall–Kier alpha value is -1.72. The van der Waals surface area contributed by atoms with Crippen LogP contribution in [-0.4, -0.2) is 48.7 Å². The maximum Gasteiger partial charge on any atom is 0.317 e. The van der Waals surface area contributed by atoms with Crippen LogP contribution in [0.15, 0.2) is 12.7 Å². The predicted molar refractivity (Wildman–Crippen MR) is 84.2 cm³/mol. The van der Waals surface area contributed by atoms with E-state index >= 15 is 0 Å². The zero-order valence-electron chi connectivity index (χ0n) is 13.4. The number of hydrogen-bond acceptors (Lipinski definition) is 2. The highest BCUT2D eigenvalue weighted by Crippen LogP contribution is 2.17. The molecule has 4 amide bonds. The molecule has 0 bridgehead atoms. The molecule has 1 rings (SSSR count). The first-order chi connectivity index (χ1) is 9.81. The molecule has 1 aliphatic heterocycles. The third-order valence-corrected chi connectivity index (χ3v) is 3.34. The lowest BCUT2D eigenvalue weighted by atomic mass is 9.97. The average Bonchev–Trinajstić information content (AvgIpc) is 2.41. The number of hydrogen-bond donors (Lipinski definition) is 3. The first-order valence-electron chi connectivity index (χ1n) is 7.51. The lowest BCUT2D eigenvalue weighted by Crippen LogP contribution is -2.51. The number of rotatable bonds is 4. The zero-order chi connectivity index (χ0) is 15.9. The van der Waals surface area contributed by atoms with Gasteiger partial charge in [0.05, 0.1) is 0 Å². The minimum Gasteiger partial charge on any atom is -0.338 e. The van der Waals surface area contributed by atoms with Crippen molar-refractivity contribution in [2.75, 3.05) is 26.2 Å². The summed E-state index contributed by atoms with van der Waals surface area (Å²) in [6.45, 7) is 12.1. The van der Waals surface area contributed by atoms with E-state index < -0.39 is 0 Å². The number of nitrogens with zero attached hydrogens (tertiary/aromatic N) is 1. The largest absolute Gasteiger partial charge is 0.338 e. The van der Waals surface area contributed by atoms with Crippen molar-refractivity contribution in [3.63, 3.8) is 0 Å². The van der Waals surface area contributed by atoms with E-state index in [1.807, 2.05) is 25.7 Å². The fourth-order valence-electron chi connectivity index (χ4n) is 2.20. The molecule has 6 nitrogen and oxygen atoms in total. The van der Waals surface area contributed by atoms with Gasteiger partial charge in [0.25, 0.3) is 0 Å². The van der Waals surface area contributed by atoms with Gasteiger partial charge in [-0.05, 0) is 39.5 Å². The van der Waals surface area contributed by atoms with E-state index in [-0.39, 0.29) is 17.6 Å². The number of carbonyl (C=O) groups is 2. The molecule has 1 heterocycles. The van der Waals surface area contributed by atoms with Gasteiger partial charge in [-0.15, -0.1) is 6.58 Å². The van der Waals surface area contributed by atoms with E-state index in [4.69, 9.17) is 0 Å². The van der Waals surface area contributed by atoms with Gasteiger partial charge >= 0.3 is 12.1 Å². The number of carbonyl (C=O) groups excluding carboxylic acids is 2. The number of nitrogens with one attached hydrogen (secondary N) is 3. The van der Waals surface area contributed by atoms with E-state index in [1.54, 1.807) is 6.08 Å². The summed E-state index contributed by atoms with van der Waals surface area (Å²) < 4.78 is 0. The van der Waals surface area contributed by atoms with E-state index in [0.29, 0.717) is 19.0 Å². The topological polar surface area (TPSA) is 73.5 Å². The van der Waals surface area contributed by atoms with E-state index in [2.05, 4.69) is 22.5 Å². The van der Waals surface area contributed by atoms with Crippen molar-refractivity contribution in [1.82, 2.24) is 20.9 Å². The molecule has 0 aromatic rings. The monoisotopic (exact) mass is 296 g/mol. The van der Waals surface area contributed by atoms with Crippen LogP contribution in [0.3, 0.4) is 0 Å². The molecule has 0 aliphatic carbocycles. The third kappa shape index (κ3) is 7.02. The van der Waals surface area contributed by atoms with Gasteiger partial charge in [0.1, 0.15) is 0 Å². The molecule has 3 N–H and O–H groups in total. The van der Waals surface area contributed by atoms with Crippen LogP contribution in [0.4, 0.5) is 9.59 Å². The first-order valence-corrected chi connectivity index (χ1v) is 7.51. The normalized spacial score (nSPS) is 16.2. The summed E-state index contributed by atoms with van der Waals surface area (Å²) in [5.74, 6) is 0.429. The highest BCUT2D eigenvalue weighted by molar-refractivity contribution is 5.75. The fourth-order valence-corrected chi connectivity index (χ4v) is 2.20. The van der Waals surface area contributed by atoms with E-state index in [1.165, 1.54) is 0 Å². The fraction of sp³-hybridized carbons (Fsp3) is 0.733. The summed E-state index contributed by atoms with van der Waals surface area (Å²) >= 11 is 0. The van der Waals surface area contributed by atoms with Crippen LogP contribution in [0.25, 0.3) is 0 Å². The van der Waals surface area contributed by atoms with Gasteiger partial charge in [0.15, 0.2) is 0 Å². The molecule has 21 heavy (non-hydrogen) atoms. The highest BCUT2D eigenvalue weighted by atomic mass is 16.2. The van der Waals surface area contributed by atoms with Gasteiger partial charge in [-0.3, -0.25) is 0 Å². The maximum absolute atomic E-state index is 12.0. The Balaban J connectivity index is 2.24. The van der Waals surface area contributed by atoms with Crippen LogP contribution in [-0.2, 0) is 0 Å². The summed E-state index contributed by atoms with van der Waals surface area (Å²) in [5.41, 5.74) is -0.210.